The third-order valence-corrected chi connectivity index (χ3v) is 4.96. The first-order valence-electron chi connectivity index (χ1n) is 9.41. The van der Waals surface area contributed by atoms with E-state index in [4.69, 9.17) is 4.52 Å². The molecule has 0 aliphatic rings. The van der Waals surface area contributed by atoms with Crippen LogP contribution in [-0.2, 0) is 0 Å². The van der Waals surface area contributed by atoms with Gasteiger partial charge in [0.25, 0.3) is 11.4 Å². The number of aryl methyl sites for hydroxylation is 1. The van der Waals surface area contributed by atoms with E-state index in [1.54, 1.807) is 30.5 Å². The Morgan fingerprint density at radius 1 is 0.933 bits per heavy atom. The minimum absolute atomic E-state index is 0.209. The molecule has 2 aromatic heterocycles. The molecule has 30 heavy (non-hydrogen) atoms. The van der Waals surface area contributed by atoms with E-state index in [0.717, 1.165) is 11.1 Å². The van der Waals surface area contributed by atoms with Gasteiger partial charge in [-0.3, -0.25) is 9.36 Å². The van der Waals surface area contributed by atoms with Crippen LogP contribution >= 0.6 is 0 Å². The normalized spacial score (nSPS) is 11.1. The van der Waals surface area contributed by atoms with Crippen molar-refractivity contribution in [2.24, 2.45) is 0 Å². The molecule has 0 N–H and O–H groups in total. The molecule has 5 rings (SSSR count). The molecule has 0 bridgehead atoms. The minimum Gasteiger partial charge on any atom is -0.334 e. The SMILES string of the molecule is Cc1cccc(-c2noc(-c3cn(-c4ccc(F)cc4)c(=O)c4ccccc34)n2)c1. The molecular weight excluding hydrogens is 381 g/mol. The van der Waals surface area contributed by atoms with Crippen molar-refractivity contribution in [2.75, 3.05) is 0 Å². The highest BCUT2D eigenvalue weighted by molar-refractivity contribution is 5.94. The summed E-state index contributed by atoms with van der Waals surface area (Å²) in [6, 6.07) is 20.8. The lowest BCUT2D eigenvalue weighted by atomic mass is 10.1. The Morgan fingerprint density at radius 3 is 2.47 bits per heavy atom. The van der Waals surface area contributed by atoms with Crippen LogP contribution in [0.4, 0.5) is 4.39 Å². The van der Waals surface area contributed by atoms with Gasteiger partial charge in [-0.05, 0) is 43.3 Å². The van der Waals surface area contributed by atoms with Crippen LogP contribution in [0, 0.1) is 12.7 Å². The van der Waals surface area contributed by atoms with Gasteiger partial charge in [0.05, 0.1) is 5.56 Å². The lowest BCUT2D eigenvalue weighted by molar-refractivity contribution is 0.432. The largest absolute Gasteiger partial charge is 0.334 e. The molecule has 0 atom stereocenters. The molecule has 0 aliphatic carbocycles. The fourth-order valence-corrected chi connectivity index (χ4v) is 3.49. The number of fused-ring (bicyclic) bond motifs is 1. The van der Waals surface area contributed by atoms with E-state index in [0.29, 0.717) is 33.7 Å². The third-order valence-electron chi connectivity index (χ3n) is 4.96. The fraction of sp³-hybridized carbons (Fsp3) is 0.0417. The second-order valence-corrected chi connectivity index (χ2v) is 7.03. The van der Waals surface area contributed by atoms with Gasteiger partial charge in [0.15, 0.2) is 0 Å². The zero-order valence-corrected chi connectivity index (χ0v) is 16.0. The van der Waals surface area contributed by atoms with Crippen molar-refractivity contribution in [1.82, 2.24) is 14.7 Å². The van der Waals surface area contributed by atoms with E-state index < -0.39 is 0 Å². The highest BCUT2D eigenvalue weighted by atomic mass is 19.1. The fourth-order valence-electron chi connectivity index (χ4n) is 3.49. The van der Waals surface area contributed by atoms with E-state index in [1.165, 1.54) is 16.7 Å². The van der Waals surface area contributed by atoms with Crippen LogP contribution in [0.1, 0.15) is 5.56 Å². The minimum atomic E-state index is -0.368. The van der Waals surface area contributed by atoms with Crippen molar-refractivity contribution in [3.8, 4) is 28.5 Å². The predicted octanol–water partition coefficient (Wildman–Crippen LogP) is 5.16. The zero-order valence-electron chi connectivity index (χ0n) is 16.0. The Balaban J connectivity index is 1.72. The predicted molar refractivity (Wildman–Crippen MR) is 113 cm³/mol. The maximum atomic E-state index is 13.4. The molecular formula is C24H16FN3O2. The average molecular weight is 397 g/mol. The Labute approximate surface area is 171 Å². The van der Waals surface area contributed by atoms with Crippen molar-refractivity contribution >= 4 is 10.8 Å². The molecule has 0 unspecified atom stereocenters. The van der Waals surface area contributed by atoms with Gasteiger partial charge in [-0.15, -0.1) is 0 Å². The number of hydrogen-bond acceptors (Lipinski definition) is 4. The maximum absolute atomic E-state index is 13.4. The van der Waals surface area contributed by atoms with Gasteiger partial charge < -0.3 is 4.52 Å². The monoisotopic (exact) mass is 397 g/mol. The molecule has 0 saturated carbocycles. The Kier molecular flexibility index (Phi) is 4.25. The molecule has 5 nitrogen and oxygen atoms in total. The van der Waals surface area contributed by atoms with Gasteiger partial charge >= 0.3 is 0 Å². The number of hydrogen-bond donors (Lipinski definition) is 0. The number of aromatic nitrogens is 3. The molecule has 0 spiro atoms. The van der Waals surface area contributed by atoms with Gasteiger partial charge in [-0.2, -0.15) is 4.98 Å². The number of nitrogens with zero attached hydrogens (tertiary/aromatic N) is 3. The van der Waals surface area contributed by atoms with E-state index in [2.05, 4.69) is 10.1 Å². The van der Waals surface area contributed by atoms with Gasteiger partial charge in [0, 0.05) is 28.2 Å². The lowest BCUT2D eigenvalue weighted by Crippen LogP contribution is -2.18. The standard InChI is InChI=1S/C24H16FN3O2/c1-15-5-4-6-16(13-15)22-26-23(30-27-22)21-14-28(18-11-9-17(25)10-12-18)24(29)20-8-3-2-7-19(20)21/h2-14H,1H3. The summed E-state index contributed by atoms with van der Waals surface area (Å²) in [7, 11) is 0. The van der Waals surface area contributed by atoms with Crippen molar-refractivity contribution in [2.45, 2.75) is 6.92 Å². The summed E-state index contributed by atoms with van der Waals surface area (Å²) < 4.78 is 20.4. The highest BCUT2D eigenvalue weighted by Crippen LogP contribution is 2.28. The summed E-state index contributed by atoms with van der Waals surface area (Å²) in [5, 5.41) is 5.34. The van der Waals surface area contributed by atoms with Crippen molar-refractivity contribution in [1.29, 1.82) is 0 Å². The summed E-state index contributed by atoms with van der Waals surface area (Å²) in [6.45, 7) is 2.00. The highest BCUT2D eigenvalue weighted by Gasteiger charge is 2.17. The van der Waals surface area contributed by atoms with E-state index >= 15 is 0 Å². The quantitative estimate of drug-likeness (QED) is 0.422. The summed E-state index contributed by atoms with van der Waals surface area (Å²) in [4.78, 5) is 17.6. The molecule has 0 radical (unpaired) electrons. The molecule has 2 heterocycles. The second kappa shape index (κ2) is 7.08. The molecule has 5 aromatic rings. The van der Waals surface area contributed by atoms with Crippen molar-refractivity contribution in [3.63, 3.8) is 0 Å². The van der Waals surface area contributed by atoms with Gasteiger partial charge in [0.2, 0.25) is 5.82 Å². The molecule has 3 aromatic carbocycles. The van der Waals surface area contributed by atoms with Crippen LogP contribution in [-0.4, -0.2) is 14.7 Å². The lowest BCUT2D eigenvalue weighted by Gasteiger charge is -2.10. The number of benzene rings is 3. The van der Waals surface area contributed by atoms with Gasteiger partial charge in [-0.25, -0.2) is 4.39 Å². The van der Waals surface area contributed by atoms with Crippen LogP contribution in [0.5, 0.6) is 0 Å². The van der Waals surface area contributed by atoms with Crippen LogP contribution < -0.4 is 5.56 Å². The van der Waals surface area contributed by atoms with Crippen LogP contribution in [0.2, 0.25) is 0 Å². The summed E-state index contributed by atoms with van der Waals surface area (Å²) in [5.74, 6) is 0.406. The molecule has 0 aliphatic heterocycles. The smallest absolute Gasteiger partial charge is 0.262 e. The van der Waals surface area contributed by atoms with Crippen LogP contribution in [0.3, 0.4) is 0 Å². The van der Waals surface area contributed by atoms with Gasteiger partial charge in [-0.1, -0.05) is 47.1 Å². The van der Waals surface area contributed by atoms with Crippen molar-refractivity contribution < 1.29 is 8.91 Å². The summed E-state index contributed by atoms with van der Waals surface area (Å²) in [5.41, 5.74) is 2.91. The Hall–Kier alpha value is -4.06. The molecule has 0 saturated heterocycles. The van der Waals surface area contributed by atoms with Crippen molar-refractivity contribution in [3.05, 3.63) is 101 Å². The molecule has 146 valence electrons. The summed E-state index contributed by atoms with van der Waals surface area (Å²) >= 11 is 0. The first-order valence-corrected chi connectivity index (χ1v) is 9.41. The zero-order chi connectivity index (χ0) is 20.7. The summed E-state index contributed by atoms with van der Waals surface area (Å²) in [6.07, 6.45) is 1.66. The van der Waals surface area contributed by atoms with E-state index in [-0.39, 0.29) is 11.4 Å². The third kappa shape index (κ3) is 3.08. The molecule has 0 amide bonds. The van der Waals surface area contributed by atoms with Crippen LogP contribution in [0.25, 0.3) is 39.3 Å². The number of rotatable bonds is 3. The topological polar surface area (TPSA) is 60.9 Å². The van der Waals surface area contributed by atoms with E-state index in [1.807, 2.05) is 43.3 Å². The number of halogens is 1. The first kappa shape index (κ1) is 18.0. The first-order chi connectivity index (χ1) is 14.6. The number of pyridine rings is 1. The Morgan fingerprint density at radius 2 is 1.70 bits per heavy atom. The van der Waals surface area contributed by atoms with Gasteiger partial charge in [0.1, 0.15) is 5.82 Å². The van der Waals surface area contributed by atoms with Crippen LogP contribution in [0.15, 0.2) is 88.3 Å². The second-order valence-electron chi connectivity index (χ2n) is 7.03. The van der Waals surface area contributed by atoms with E-state index in [9.17, 15) is 9.18 Å². The molecule has 0 fully saturated rings. The maximum Gasteiger partial charge on any atom is 0.262 e. The average Bonchev–Trinajstić information content (AvgIpc) is 3.25. The molecule has 6 heteroatoms. The Bertz CT molecular complexity index is 1440.